The summed E-state index contributed by atoms with van der Waals surface area (Å²) in [5.41, 5.74) is 0. The average Bonchev–Trinajstić information content (AvgIpc) is 1.41. The van der Waals surface area contributed by atoms with E-state index in [2.05, 4.69) is 13.8 Å². The molecule has 0 aliphatic heterocycles. The van der Waals surface area contributed by atoms with Gasteiger partial charge in [-0.1, -0.05) is 33.1 Å². The third kappa shape index (κ3) is 4.00. The molecule has 0 aliphatic carbocycles. The van der Waals surface area contributed by atoms with Crippen LogP contribution in [0.15, 0.2) is 0 Å². The molecule has 0 nitrogen and oxygen atoms in total. The summed E-state index contributed by atoms with van der Waals surface area (Å²) in [5, 5.41) is 0. The minimum absolute atomic E-state index is 1.34. The van der Waals surface area contributed by atoms with E-state index in [9.17, 15) is 0 Å². The first-order chi connectivity index (χ1) is 2.41. The highest BCUT2D eigenvalue weighted by atomic mass is 14.5. The highest BCUT2D eigenvalue weighted by molar-refractivity contribution is 4.24. The molecule has 5 heavy (non-hydrogen) atoms. The van der Waals surface area contributed by atoms with Crippen LogP contribution < -0.4 is 0 Å². The van der Waals surface area contributed by atoms with E-state index >= 15 is 0 Å². The van der Waals surface area contributed by atoms with Crippen molar-refractivity contribution in [1.29, 1.82) is 0 Å². The highest BCUT2D eigenvalue weighted by Crippen LogP contribution is 1.88. The van der Waals surface area contributed by atoms with Gasteiger partial charge in [-0.25, -0.2) is 0 Å². The standard InChI is InChI=1S/C5H12/c1-3-5-4-2/h3-5H2,1-2H3/i1+2. The Morgan fingerprint density at radius 2 is 2.20 bits per heavy atom. The fourth-order valence-electron chi connectivity index (χ4n) is 0.354. The van der Waals surface area contributed by atoms with Gasteiger partial charge in [-0.3, -0.25) is 0 Å². The van der Waals surface area contributed by atoms with Crippen molar-refractivity contribution in [2.45, 2.75) is 33.1 Å². The quantitative estimate of drug-likeness (QED) is 0.471. The zero-order chi connectivity index (χ0) is 4.12. The molecule has 0 heterocycles. The molecule has 0 radical (unpaired) electrons. The number of rotatable bonds is 2. The van der Waals surface area contributed by atoms with Crippen molar-refractivity contribution in [3.05, 3.63) is 0 Å². The molecule has 32 valence electrons. The lowest BCUT2D eigenvalue weighted by Crippen LogP contribution is -1.59. The summed E-state index contributed by atoms with van der Waals surface area (Å²) >= 11 is 0. The van der Waals surface area contributed by atoms with Gasteiger partial charge in [-0.2, -0.15) is 0 Å². The summed E-state index contributed by atoms with van der Waals surface area (Å²) < 4.78 is 0. The predicted octanol–water partition coefficient (Wildman–Crippen LogP) is 2.20. The zero-order valence-corrected chi connectivity index (χ0v) is 4.12. The Labute approximate surface area is 34.2 Å². The van der Waals surface area contributed by atoms with E-state index in [-0.39, 0.29) is 0 Å². The van der Waals surface area contributed by atoms with E-state index in [0.29, 0.717) is 0 Å². The maximum Gasteiger partial charge on any atom is -0.0538 e. The van der Waals surface area contributed by atoms with Crippen LogP contribution in [0.1, 0.15) is 33.1 Å². The first-order valence-corrected chi connectivity index (χ1v) is 2.41. The van der Waals surface area contributed by atoms with Crippen molar-refractivity contribution >= 4 is 0 Å². The van der Waals surface area contributed by atoms with Gasteiger partial charge in [0, 0.05) is 0 Å². The zero-order valence-electron chi connectivity index (χ0n) is 4.12. The molecule has 0 unspecified atom stereocenters. The van der Waals surface area contributed by atoms with Crippen LogP contribution in [-0.2, 0) is 0 Å². The fourth-order valence-corrected chi connectivity index (χ4v) is 0.354. The molecule has 0 aromatic carbocycles. The summed E-state index contributed by atoms with van der Waals surface area (Å²) in [4.78, 5) is 0. The third-order valence-electron chi connectivity index (χ3n) is 0.707. The Hall–Kier alpha value is 0. The molecule has 0 aromatic rings. The number of hydrogen-bond donors (Lipinski definition) is 0. The molecule has 0 spiro atoms. The van der Waals surface area contributed by atoms with Gasteiger partial charge in [0.15, 0.2) is 0 Å². The van der Waals surface area contributed by atoms with E-state index in [0.717, 1.165) is 0 Å². The normalized spacial score (nSPS) is 8.40. The molecule has 0 atom stereocenters. The third-order valence-corrected chi connectivity index (χ3v) is 0.707. The number of hydrogen-bond acceptors (Lipinski definition) is 0. The molecule has 0 saturated carbocycles. The number of unbranched alkanes of at least 4 members (excludes halogenated alkanes) is 2. The van der Waals surface area contributed by atoms with Crippen LogP contribution in [0, 0.1) is 0 Å². The summed E-state index contributed by atoms with van der Waals surface area (Å²) in [7, 11) is 0. The van der Waals surface area contributed by atoms with Crippen molar-refractivity contribution in [2.75, 3.05) is 0 Å². The topological polar surface area (TPSA) is 0 Å². The van der Waals surface area contributed by atoms with Gasteiger partial charge in [-0.05, 0) is 0 Å². The van der Waals surface area contributed by atoms with Gasteiger partial charge in [0.2, 0.25) is 0 Å². The Bertz CT molecular complexity index is 7.51. The molecule has 0 rings (SSSR count). The van der Waals surface area contributed by atoms with Gasteiger partial charge >= 0.3 is 0 Å². The van der Waals surface area contributed by atoms with E-state index in [4.69, 9.17) is 0 Å². The van der Waals surface area contributed by atoms with Crippen LogP contribution in [0.25, 0.3) is 0 Å². The van der Waals surface area contributed by atoms with Gasteiger partial charge in [0.25, 0.3) is 0 Å². The molecule has 0 aliphatic rings. The Balaban J connectivity index is 2.19. The molecule has 0 heteroatoms. The van der Waals surface area contributed by atoms with E-state index in [1.54, 1.807) is 0 Å². The average molecular weight is 74.1 g/mol. The summed E-state index contributed by atoms with van der Waals surface area (Å²) in [6.45, 7) is 4.42. The molecule has 0 saturated heterocycles. The largest absolute Gasteiger partial charge is 0.0654 e. The smallest absolute Gasteiger partial charge is 0.0538 e. The summed E-state index contributed by atoms with van der Waals surface area (Å²) in [5.74, 6) is 0. The van der Waals surface area contributed by atoms with Crippen LogP contribution in [-0.4, -0.2) is 0 Å². The van der Waals surface area contributed by atoms with Crippen LogP contribution in [0.3, 0.4) is 0 Å². The first-order valence-electron chi connectivity index (χ1n) is 2.41. The minimum Gasteiger partial charge on any atom is -0.0654 e. The maximum absolute atomic E-state index is 2.21. The van der Waals surface area contributed by atoms with Crippen LogP contribution >= 0.6 is 0 Å². The lowest BCUT2D eigenvalue weighted by atomic mass is 10.3. The van der Waals surface area contributed by atoms with E-state index < -0.39 is 0 Å². The van der Waals surface area contributed by atoms with E-state index in [1.807, 2.05) is 0 Å². The van der Waals surface area contributed by atoms with E-state index in [1.165, 1.54) is 19.3 Å². The Kier molecular flexibility index (Phi) is 4.00. The monoisotopic (exact) mass is 74.1 g/mol. The van der Waals surface area contributed by atoms with Crippen LogP contribution in [0.2, 0.25) is 0 Å². The minimum atomic E-state index is 1.34. The van der Waals surface area contributed by atoms with Crippen LogP contribution in [0.5, 0.6) is 0 Å². The highest BCUT2D eigenvalue weighted by Gasteiger charge is 1.68. The fraction of sp³-hybridized carbons (Fsp3) is 1.00. The maximum atomic E-state index is 2.21. The van der Waals surface area contributed by atoms with Crippen molar-refractivity contribution in [3.63, 3.8) is 0 Å². The van der Waals surface area contributed by atoms with Gasteiger partial charge in [0.1, 0.15) is 0 Å². The van der Waals surface area contributed by atoms with Crippen molar-refractivity contribution < 1.29 is 0 Å². The molecule has 0 amide bonds. The molecule has 0 bridgehead atoms. The van der Waals surface area contributed by atoms with Gasteiger partial charge in [-0.15, -0.1) is 0 Å². The molecular formula is C5H12. The van der Waals surface area contributed by atoms with Crippen molar-refractivity contribution in [1.82, 2.24) is 0 Å². The second kappa shape index (κ2) is 4.00. The van der Waals surface area contributed by atoms with Gasteiger partial charge in [0.05, 0.1) is 0 Å². The van der Waals surface area contributed by atoms with Crippen molar-refractivity contribution in [2.24, 2.45) is 0 Å². The molecule has 0 aromatic heterocycles. The first kappa shape index (κ1) is 5.00. The summed E-state index contributed by atoms with van der Waals surface area (Å²) in [6, 6.07) is 0. The van der Waals surface area contributed by atoms with Crippen molar-refractivity contribution in [3.8, 4) is 0 Å². The molecular weight excluding hydrogens is 62.0 g/mol. The lowest BCUT2D eigenvalue weighted by Gasteiger charge is -1.79. The second-order valence-electron chi connectivity index (χ2n) is 1.35. The lowest BCUT2D eigenvalue weighted by molar-refractivity contribution is 0.772. The Morgan fingerprint density at radius 3 is 2.20 bits per heavy atom. The molecule has 0 fully saturated rings. The molecule has 0 N–H and O–H groups in total. The predicted molar refractivity (Wildman–Crippen MR) is 25.2 cm³/mol. The van der Waals surface area contributed by atoms with Gasteiger partial charge < -0.3 is 0 Å². The van der Waals surface area contributed by atoms with Crippen LogP contribution in [0.4, 0.5) is 0 Å². The SMILES string of the molecule is CCCC[14CH3]. The second-order valence-corrected chi connectivity index (χ2v) is 1.35. The summed E-state index contributed by atoms with van der Waals surface area (Å²) in [6.07, 6.45) is 4.08. The Morgan fingerprint density at radius 1 is 1.60 bits per heavy atom.